The topological polar surface area (TPSA) is 124 Å². The zero-order valence-corrected chi connectivity index (χ0v) is 19.3. The second kappa shape index (κ2) is 10.1. The largest absolute Gasteiger partial charge is 0.347 e. The van der Waals surface area contributed by atoms with E-state index in [9.17, 15) is 19.2 Å². The second-order valence-electron chi connectivity index (χ2n) is 7.52. The molecule has 2 aromatic heterocycles. The summed E-state index contributed by atoms with van der Waals surface area (Å²) in [7, 11) is 5.08. The minimum Gasteiger partial charge on any atom is -0.347 e. The van der Waals surface area contributed by atoms with Crippen LogP contribution in [0.1, 0.15) is 20.1 Å². The number of aromatic nitrogens is 1. The molecule has 1 unspecified atom stereocenters. The predicted molar refractivity (Wildman–Crippen MR) is 120 cm³/mol. The first kappa shape index (κ1) is 23.6. The SMILES string of the molecule is CN1Cc2cc(C(=O)NC(CNC(=O)C(=O)Nc3ccc(Cl)cn3)C(=O)N(C)C)sc2C1. The molecule has 0 bridgehead atoms. The quantitative estimate of drug-likeness (QED) is 0.525. The number of pyridine rings is 1. The number of nitrogens with one attached hydrogen (secondary N) is 3. The van der Waals surface area contributed by atoms with Crippen molar-refractivity contribution in [3.05, 3.63) is 44.7 Å². The number of carbonyl (C=O) groups excluding carboxylic acids is 4. The lowest BCUT2D eigenvalue weighted by Gasteiger charge is -2.21. The van der Waals surface area contributed by atoms with Crippen molar-refractivity contribution >= 4 is 52.4 Å². The standard InChI is InChI=1S/C20H23ClN6O4S/c1-26(2)20(31)13(24-17(28)14-6-11-9-27(3)10-15(11)32-14)8-23-18(29)19(30)25-16-5-4-12(21)7-22-16/h4-7,13H,8-10H2,1-3H3,(H,23,29)(H,24,28)(H,22,25,30). The van der Waals surface area contributed by atoms with Crippen LogP contribution in [-0.4, -0.2) is 72.1 Å². The van der Waals surface area contributed by atoms with Gasteiger partial charge in [0.25, 0.3) is 5.91 Å². The van der Waals surface area contributed by atoms with Gasteiger partial charge in [-0.1, -0.05) is 11.6 Å². The monoisotopic (exact) mass is 478 g/mol. The number of rotatable bonds is 6. The summed E-state index contributed by atoms with van der Waals surface area (Å²) in [6, 6.07) is 3.74. The second-order valence-corrected chi connectivity index (χ2v) is 9.09. The van der Waals surface area contributed by atoms with E-state index in [1.807, 2.05) is 13.1 Å². The Kier molecular flexibility index (Phi) is 7.44. The molecular formula is C20H23ClN6O4S. The van der Waals surface area contributed by atoms with Gasteiger partial charge in [0.15, 0.2) is 0 Å². The maximum absolute atomic E-state index is 12.7. The summed E-state index contributed by atoms with van der Waals surface area (Å²) in [4.78, 5) is 58.5. The molecule has 0 fully saturated rings. The first-order valence-corrected chi connectivity index (χ1v) is 10.9. The minimum absolute atomic E-state index is 0.153. The summed E-state index contributed by atoms with van der Waals surface area (Å²) < 4.78 is 0. The summed E-state index contributed by atoms with van der Waals surface area (Å²) in [5.74, 6) is -2.59. The van der Waals surface area contributed by atoms with Gasteiger partial charge in [0, 0.05) is 44.8 Å². The first-order valence-electron chi connectivity index (χ1n) is 9.67. The van der Waals surface area contributed by atoms with E-state index in [-0.39, 0.29) is 12.4 Å². The van der Waals surface area contributed by atoms with Crippen LogP contribution < -0.4 is 16.0 Å². The molecule has 2 aromatic rings. The molecule has 3 rings (SSSR count). The van der Waals surface area contributed by atoms with Crippen LogP contribution in [0.5, 0.6) is 0 Å². The zero-order valence-electron chi connectivity index (χ0n) is 17.8. The third-order valence-electron chi connectivity index (χ3n) is 4.66. The van der Waals surface area contributed by atoms with E-state index < -0.39 is 29.7 Å². The van der Waals surface area contributed by atoms with Crippen LogP contribution in [0.25, 0.3) is 0 Å². The van der Waals surface area contributed by atoms with Gasteiger partial charge in [-0.3, -0.25) is 24.1 Å². The average Bonchev–Trinajstić information content (AvgIpc) is 3.29. The minimum atomic E-state index is -1.04. The number of amides is 4. The van der Waals surface area contributed by atoms with Gasteiger partial charge >= 0.3 is 11.8 Å². The molecule has 1 aliphatic rings. The third-order valence-corrected chi connectivity index (χ3v) is 6.04. The van der Waals surface area contributed by atoms with Crippen molar-refractivity contribution < 1.29 is 19.2 Å². The van der Waals surface area contributed by atoms with Crippen molar-refractivity contribution in [3.63, 3.8) is 0 Å². The average molecular weight is 479 g/mol. The molecule has 1 aliphatic heterocycles. The fourth-order valence-corrected chi connectivity index (χ4v) is 4.35. The molecule has 12 heteroatoms. The highest BCUT2D eigenvalue weighted by Gasteiger charge is 2.27. The van der Waals surface area contributed by atoms with Crippen LogP contribution in [0.15, 0.2) is 24.4 Å². The Hall–Kier alpha value is -3.02. The molecule has 0 aliphatic carbocycles. The van der Waals surface area contributed by atoms with E-state index in [2.05, 4.69) is 25.8 Å². The Morgan fingerprint density at radius 2 is 1.97 bits per heavy atom. The van der Waals surface area contributed by atoms with Crippen molar-refractivity contribution in [2.24, 2.45) is 0 Å². The lowest BCUT2D eigenvalue weighted by molar-refractivity contribution is -0.136. The van der Waals surface area contributed by atoms with Crippen molar-refractivity contribution in [2.75, 3.05) is 33.0 Å². The van der Waals surface area contributed by atoms with Gasteiger partial charge in [0.05, 0.1) is 9.90 Å². The Bertz CT molecular complexity index is 1020. The van der Waals surface area contributed by atoms with Gasteiger partial charge in [-0.05, 0) is 30.8 Å². The molecule has 0 saturated carbocycles. The number of hydrogen-bond acceptors (Lipinski definition) is 7. The highest BCUT2D eigenvalue weighted by atomic mass is 35.5. The van der Waals surface area contributed by atoms with Crippen LogP contribution in [0.2, 0.25) is 5.02 Å². The Balaban J connectivity index is 1.60. The maximum atomic E-state index is 12.7. The van der Waals surface area contributed by atoms with Gasteiger partial charge in [0.1, 0.15) is 11.9 Å². The molecule has 3 heterocycles. The Morgan fingerprint density at radius 3 is 2.59 bits per heavy atom. The van der Waals surface area contributed by atoms with Gasteiger partial charge in [0.2, 0.25) is 5.91 Å². The molecule has 0 spiro atoms. The zero-order chi connectivity index (χ0) is 23.4. The lowest BCUT2D eigenvalue weighted by Crippen LogP contribution is -2.53. The van der Waals surface area contributed by atoms with Crippen LogP contribution in [0.3, 0.4) is 0 Å². The van der Waals surface area contributed by atoms with Crippen molar-refractivity contribution in [2.45, 2.75) is 19.1 Å². The van der Waals surface area contributed by atoms with Gasteiger partial charge in [-0.15, -0.1) is 11.3 Å². The van der Waals surface area contributed by atoms with E-state index in [1.54, 1.807) is 0 Å². The molecule has 0 radical (unpaired) electrons. The predicted octanol–water partition coefficient (Wildman–Crippen LogP) is 0.683. The van der Waals surface area contributed by atoms with Crippen molar-refractivity contribution in [3.8, 4) is 0 Å². The molecule has 1 atom stereocenters. The molecular weight excluding hydrogens is 456 g/mol. The fraction of sp³-hybridized carbons (Fsp3) is 0.350. The summed E-state index contributed by atoms with van der Waals surface area (Å²) >= 11 is 7.12. The number of halogens is 1. The van der Waals surface area contributed by atoms with E-state index in [1.165, 1.54) is 48.7 Å². The van der Waals surface area contributed by atoms with Gasteiger partial charge in [-0.2, -0.15) is 0 Å². The molecule has 4 amide bonds. The molecule has 32 heavy (non-hydrogen) atoms. The number of nitrogens with zero attached hydrogens (tertiary/aromatic N) is 3. The number of anilines is 1. The number of thiophene rings is 1. The third kappa shape index (κ3) is 5.81. The van der Waals surface area contributed by atoms with E-state index in [4.69, 9.17) is 11.6 Å². The van der Waals surface area contributed by atoms with E-state index >= 15 is 0 Å². The van der Waals surface area contributed by atoms with Crippen LogP contribution >= 0.6 is 22.9 Å². The lowest BCUT2D eigenvalue weighted by atomic mass is 10.2. The van der Waals surface area contributed by atoms with Crippen molar-refractivity contribution in [1.82, 2.24) is 25.4 Å². The molecule has 170 valence electrons. The molecule has 0 aromatic carbocycles. The fourth-order valence-electron chi connectivity index (χ4n) is 3.08. The Labute approximate surface area is 193 Å². The maximum Gasteiger partial charge on any atom is 0.314 e. The number of hydrogen-bond donors (Lipinski definition) is 3. The summed E-state index contributed by atoms with van der Waals surface area (Å²) in [5, 5.41) is 7.76. The highest BCUT2D eigenvalue weighted by Crippen LogP contribution is 2.30. The smallest absolute Gasteiger partial charge is 0.314 e. The van der Waals surface area contributed by atoms with Crippen LogP contribution in [-0.2, 0) is 27.5 Å². The Morgan fingerprint density at radius 1 is 1.22 bits per heavy atom. The summed E-state index contributed by atoms with van der Waals surface area (Å²) in [5.41, 5.74) is 1.10. The van der Waals surface area contributed by atoms with E-state index in [0.29, 0.717) is 9.90 Å². The van der Waals surface area contributed by atoms with E-state index in [0.717, 1.165) is 23.5 Å². The molecule has 10 nitrogen and oxygen atoms in total. The highest BCUT2D eigenvalue weighted by molar-refractivity contribution is 7.14. The molecule has 0 saturated heterocycles. The van der Waals surface area contributed by atoms with Crippen LogP contribution in [0.4, 0.5) is 5.82 Å². The number of likely N-dealkylation sites (N-methyl/N-ethyl adjacent to an activating group) is 1. The van der Waals surface area contributed by atoms with Crippen LogP contribution in [0, 0.1) is 0 Å². The van der Waals surface area contributed by atoms with Crippen molar-refractivity contribution in [1.29, 1.82) is 0 Å². The van der Waals surface area contributed by atoms with Gasteiger partial charge < -0.3 is 20.9 Å². The number of carbonyl (C=O) groups is 4. The number of fused-ring (bicyclic) bond motifs is 1. The summed E-state index contributed by atoms with van der Waals surface area (Å²) in [6.45, 7) is 1.30. The first-order chi connectivity index (χ1) is 15.1. The molecule has 3 N–H and O–H groups in total. The van der Waals surface area contributed by atoms with Gasteiger partial charge in [-0.25, -0.2) is 4.98 Å². The normalized spacial score (nSPS) is 13.8. The summed E-state index contributed by atoms with van der Waals surface area (Å²) in [6.07, 6.45) is 1.33.